The van der Waals surface area contributed by atoms with Gasteiger partial charge in [-0.2, -0.15) is 15.0 Å². The zero-order chi connectivity index (χ0) is 20.7. The Hall–Kier alpha value is -3.02. The van der Waals surface area contributed by atoms with Crippen molar-refractivity contribution < 1.29 is 13.2 Å². The van der Waals surface area contributed by atoms with Gasteiger partial charge in [-0.05, 0) is 17.7 Å². The maximum absolute atomic E-state index is 12.8. The number of benzene rings is 2. The van der Waals surface area contributed by atoms with Crippen molar-refractivity contribution in [2.24, 2.45) is 10.2 Å². The van der Waals surface area contributed by atoms with Gasteiger partial charge in [0.15, 0.2) is 5.66 Å². The van der Waals surface area contributed by atoms with E-state index in [1.165, 1.54) is 12.1 Å². The Balaban J connectivity index is 1.69. The van der Waals surface area contributed by atoms with E-state index < -0.39 is 27.6 Å². The third kappa shape index (κ3) is 5.50. The molecule has 0 fully saturated rings. The monoisotopic (exact) mass is 410 g/mol. The van der Waals surface area contributed by atoms with E-state index in [1.54, 1.807) is 48.5 Å². The normalized spacial score (nSPS) is 15.3. The van der Waals surface area contributed by atoms with Gasteiger partial charge in [-0.3, -0.25) is 4.79 Å². The Kier molecular flexibility index (Phi) is 6.42. The molecule has 29 heavy (non-hydrogen) atoms. The molecule has 0 aliphatic carbocycles. The molecule has 0 saturated carbocycles. The number of sulfonamides is 1. The van der Waals surface area contributed by atoms with Gasteiger partial charge in [0.2, 0.25) is 15.9 Å². The van der Waals surface area contributed by atoms with Crippen LogP contribution in [-0.2, 0) is 14.8 Å². The number of carbonyl (C=O) groups excluding carboxylic acids is 1. The summed E-state index contributed by atoms with van der Waals surface area (Å²) in [6.07, 6.45) is 7.01. The van der Waals surface area contributed by atoms with Gasteiger partial charge in [-0.25, -0.2) is 8.42 Å². The van der Waals surface area contributed by atoms with Crippen LogP contribution in [0.1, 0.15) is 30.9 Å². The van der Waals surface area contributed by atoms with Crippen LogP contribution in [0, 0.1) is 12.3 Å². The molecule has 0 bridgehead atoms. The van der Waals surface area contributed by atoms with E-state index in [0.717, 1.165) is 0 Å². The number of carbonyl (C=O) groups is 1. The van der Waals surface area contributed by atoms with Crippen LogP contribution in [0.4, 0.5) is 0 Å². The Morgan fingerprint density at radius 1 is 1.03 bits per heavy atom. The first kappa shape index (κ1) is 20.7. The zero-order valence-corrected chi connectivity index (χ0v) is 16.6. The van der Waals surface area contributed by atoms with Crippen LogP contribution in [0.15, 0.2) is 75.8 Å². The average Bonchev–Trinajstić information content (AvgIpc) is 3.51. The van der Waals surface area contributed by atoms with E-state index >= 15 is 0 Å². The van der Waals surface area contributed by atoms with Gasteiger partial charge >= 0.3 is 0 Å². The fourth-order valence-electron chi connectivity index (χ4n) is 2.90. The van der Waals surface area contributed by atoms with Crippen molar-refractivity contribution in [3.8, 4) is 12.3 Å². The molecule has 0 spiro atoms. The number of nitrogens with zero attached hydrogens (tertiary/aromatic N) is 2. The van der Waals surface area contributed by atoms with Crippen LogP contribution in [0.25, 0.3) is 0 Å². The Bertz CT molecular complexity index is 1010. The van der Waals surface area contributed by atoms with Crippen LogP contribution in [0.3, 0.4) is 0 Å². The highest BCUT2D eigenvalue weighted by atomic mass is 32.2. The van der Waals surface area contributed by atoms with Crippen molar-refractivity contribution in [1.82, 2.24) is 10.0 Å². The Morgan fingerprint density at radius 2 is 1.66 bits per heavy atom. The fourth-order valence-corrected chi connectivity index (χ4v) is 4.10. The number of terminal acetylenes is 1. The summed E-state index contributed by atoms with van der Waals surface area (Å²) in [5.41, 5.74) is 0.0400. The molecule has 3 rings (SSSR count). The molecule has 0 saturated heterocycles. The minimum atomic E-state index is -3.88. The lowest BCUT2D eigenvalue weighted by Crippen LogP contribution is -2.41. The highest BCUT2D eigenvalue weighted by molar-refractivity contribution is 7.89. The molecule has 1 unspecified atom stereocenters. The maximum Gasteiger partial charge on any atom is 0.242 e. The van der Waals surface area contributed by atoms with Crippen molar-refractivity contribution >= 4 is 15.9 Å². The predicted molar refractivity (Wildman–Crippen MR) is 109 cm³/mol. The zero-order valence-electron chi connectivity index (χ0n) is 15.8. The number of nitrogens with one attached hydrogen (secondary N) is 2. The third-order valence-corrected chi connectivity index (χ3v) is 6.04. The summed E-state index contributed by atoms with van der Waals surface area (Å²) < 4.78 is 28.0. The highest BCUT2D eigenvalue weighted by Gasteiger charge is 2.39. The van der Waals surface area contributed by atoms with E-state index in [2.05, 4.69) is 26.2 Å². The topological polar surface area (TPSA) is 100.0 Å². The van der Waals surface area contributed by atoms with Gasteiger partial charge in [0, 0.05) is 25.8 Å². The molecule has 0 aromatic heterocycles. The van der Waals surface area contributed by atoms with Crippen molar-refractivity contribution in [3.63, 3.8) is 0 Å². The molecule has 1 amide bonds. The molecule has 2 N–H and O–H groups in total. The summed E-state index contributed by atoms with van der Waals surface area (Å²) in [5, 5.41) is 10.9. The highest BCUT2D eigenvalue weighted by Crippen LogP contribution is 2.36. The minimum Gasteiger partial charge on any atom is -0.354 e. The second kappa shape index (κ2) is 8.99. The average molecular weight is 410 g/mol. The Morgan fingerprint density at radius 3 is 2.24 bits per heavy atom. The van der Waals surface area contributed by atoms with Gasteiger partial charge in [0.1, 0.15) is 6.04 Å². The van der Waals surface area contributed by atoms with Crippen molar-refractivity contribution in [3.05, 3.63) is 66.2 Å². The quantitative estimate of drug-likeness (QED) is 0.589. The van der Waals surface area contributed by atoms with Gasteiger partial charge in [0.05, 0.1) is 4.90 Å². The lowest BCUT2D eigenvalue weighted by molar-refractivity contribution is -0.122. The van der Waals surface area contributed by atoms with Gasteiger partial charge in [-0.15, -0.1) is 12.3 Å². The van der Waals surface area contributed by atoms with Crippen molar-refractivity contribution in [2.75, 3.05) is 6.54 Å². The molecule has 7 nitrogen and oxygen atoms in total. The third-order valence-electron chi connectivity index (χ3n) is 4.60. The molecule has 1 aliphatic rings. The molecular weight excluding hydrogens is 388 g/mol. The molecule has 8 heteroatoms. The molecule has 1 heterocycles. The first-order valence-corrected chi connectivity index (χ1v) is 10.7. The molecule has 150 valence electrons. The minimum absolute atomic E-state index is 0.0950. The lowest BCUT2D eigenvalue weighted by atomic mass is 10.0. The first-order valence-electron chi connectivity index (χ1n) is 9.23. The summed E-state index contributed by atoms with van der Waals surface area (Å²) in [7, 11) is -3.88. The molecule has 2 aromatic carbocycles. The van der Waals surface area contributed by atoms with Gasteiger partial charge in [-0.1, -0.05) is 48.5 Å². The summed E-state index contributed by atoms with van der Waals surface area (Å²) in [6, 6.07) is 15.6. The van der Waals surface area contributed by atoms with Gasteiger partial charge < -0.3 is 5.32 Å². The number of amides is 1. The maximum atomic E-state index is 12.8. The lowest BCUT2D eigenvalue weighted by Gasteiger charge is -2.19. The fraction of sp³-hybridized carbons (Fsp3) is 0.286. The van der Waals surface area contributed by atoms with E-state index in [-0.39, 0.29) is 4.90 Å². The SMILES string of the molecule is C#CCCC1(CCNC(=O)C(NS(=O)(=O)c2ccccc2)c2ccccc2)N=N1. The van der Waals surface area contributed by atoms with Crippen LogP contribution in [-0.4, -0.2) is 26.5 Å². The molecule has 1 aliphatic heterocycles. The van der Waals surface area contributed by atoms with Gasteiger partial charge in [0.25, 0.3) is 0 Å². The molecular formula is C21H22N4O3S. The van der Waals surface area contributed by atoms with Crippen molar-refractivity contribution in [2.45, 2.75) is 35.9 Å². The molecule has 2 aromatic rings. The summed E-state index contributed by atoms with van der Waals surface area (Å²) in [5.74, 6) is 2.12. The molecule has 1 atom stereocenters. The van der Waals surface area contributed by atoms with Crippen LogP contribution >= 0.6 is 0 Å². The Labute approximate surface area is 170 Å². The number of hydrogen-bond donors (Lipinski definition) is 2. The summed E-state index contributed by atoms with van der Waals surface area (Å²) in [4.78, 5) is 12.9. The standard InChI is InChI=1S/C21H22N4O3S/c1-2-3-14-21(24-25-21)15-16-22-20(26)19(17-10-6-4-7-11-17)23-29(27,28)18-12-8-5-9-13-18/h1,4-13,19,23H,3,14-16H2,(H,22,26). The number of hydrogen-bond acceptors (Lipinski definition) is 5. The number of rotatable bonds is 10. The van der Waals surface area contributed by atoms with Crippen LogP contribution in [0.5, 0.6) is 0 Å². The largest absolute Gasteiger partial charge is 0.354 e. The smallest absolute Gasteiger partial charge is 0.242 e. The van der Waals surface area contributed by atoms with Crippen LogP contribution < -0.4 is 10.0 Å². The summed E-state index contributed by atoms with van der Waals surface area (Å²) >= 11 is 0. The van der Waals surface area contributed by atoms with Crippen molar-refractivity contribution in [1.29, 1.82) is 0 Å². The second-order valence-electron chi connectivity index (χ2n) is 6.71. The van der Waals surface area contributed by atoms with E-state index in [1.807, 2.05) is 0 Å². The van der Waals surface area contributed by atoms with E-state index in [4.69, 9.17) is 6.42 Å². The van der Waals surface area contributed by atoms with E-state index in [9.17, 15) is 13.2 Å². The molecule has 0 radical (unpaired) electrons. The van der Waals surface area contributed by atoms with Crippen LogP contribution in [0.2, 0.25) is 0 Å². The predicted octanol–water partition coefficient (Wildman–Crippen LogP) is 2.79. The summed E-state index contributed by atoms with van der Waals surface area (Å²) in [6.45, 7) is 0.312. The first-order chi connectivity index (χ1) is 14.0. The second-order valence-corrected chi connectivity index (χ2v) is 8.42. The van der Waals surface area contributed by atoms with E-state index in [0.29, 0.717) is 31.4 Å².